The van der Waals surface area contributed by atoms with Gasteiger partial charge in [0, 0.05) is 4.47 Å². The van der Waals surface area contributed by atoms with Gasteiger partial charge in [-0.3, -0.25) is 0 Å². The fourth-order valence-corrected chi connectivity index (χ4v) is 1.94. The van der Waals surface area contributed by atoms with Crippen LogP contribution in [-0.2, 0) is 12.4 Å². The van der Waals surface area contributed by atoms with E-state index in [2.05, 4.69) is 38.4 Å². The third kappa shape index (κ3) is 2.44. The largest absolute Gasteiger partial charge is 0.245 e. The Morgan fingerprint density at radius 1 is 1.31 bits per heavy atom. The van der Waals surface area contributed by atoms with E-state index >= 15 is 0 Å². The molecule has 0 bridgehead atoms. The molecule has 3 nitrogen and oxygen atoms in total. The Bertz CT molecular complexity index is 478. The van der Waals surface area contributed by atoms with Gasteiger partial charge in [0.25, 0.3) is 0 Å². The van der Waals surface area contributed by atoms with Crippen LogP contribution in [0.4, 0.5) is 0 Å². The molecule has 0 N–H and O–H groups in total. The van der Waals surface area contributed by atoms with E-state index in [1.807, 2.05) is 23.7 Å². The number of hydrogen-bond acceptors (Lipinski definition) is 2. The van der Waals surface area contributed by atoms with Gasteiger partial charge in [0.15, 0.2) is 0 Å². The average molecular weight is 301 g/mol. The zero-order valence-electron chi connectivity index (χ0n) is 8.82. The van der Waals surface area contributed by atoms with Gasteiger partial charge in [-0.1, -0.05) is 33.3 Å². The topological polar surface area (TPSA) is 30.7 Å². The summed E-state index contributed by atoms with van der Waals surface area (Å²) in [5.74, 6) is 0.409. The number of aromatic nitrogens is 3. The van der Waals surface area contributed by atoms with Crippen molar-refractivity contribution >= 4 is 27.5 Å². The summed E-state index contributed by atoms with van der Waals surface area (Å²) >= 11 is 9.16. The average Bonchev–Trinajstić information content (AvgIpc) is 2.63. The predicted octanol–water partition coefficient (Wildman–Crippen LogP) is 3.14. The number of benzene rings is 1. The molecule has 0 atom stereocenters. The molecule has 2 rings (SSSR count). The lowest BCUT2D eigenvalue weighted by atomic mass is 10.2. The lowest BCUT2D eigenvalue weighted by Crippen LogP contribution is -2.04. The lowest BCUT2D eigenvalue weighted by Gasteiger charge is -2.03. The number of rotatable bonds is 3. The van der Waals surface area contributed by atoms with E-state index in [0.717, 1.165) is 22.4 Å². The molecule has 1 aromatic heterocycles. The van der Waals surface area contributed by atoms with Gasteiger partial charge in [0.1, 0.15) is 5.69 Å². The Morgan fingerprint density at radius 3 is 2.56 bits per heavy atom. The van der Waals surface area contributed by atoms with Gasteiger partial charge in [-0.05, 0) is 24.6 Å². The lowest BCUT2D eigenvalue weighted by molar-refractivity contribution is 0.633. The van der Waals surface area contributed by atoms with E-state index in [-0.39, 0.29) is 0 Å². The molecule has 1 heterocycles. The minimum absolute atomic E-state index is 0.409. The third-order valence-corrected chi connectivity index (χ3v) is 3.23. The van der Waals surface area contributed by atoms with Crippen LogP contribution < -0.4 is 0 Å². The molecule has 0 fully saturated rings. The van der Waals surface area contributed by atoms with E-state index in [4.69, 9.17) is 11.6 Å². The molecule has 0 unspecified atom stereocenters. The monoisotopic (exact) mass is 299 g/mol. The fourth-order valence-electron chi connectivity index (χ4n) is 1.43. The van der Waals surface area contributed by atoms with Crippen molar-refractivity contribution in [3.8, 4) is 0 Å². The highest BCUT2D eigenvalue weighted by molar-refractivity contribution is 9.10. The number of hydrogen-bond donors (Lipinski definition) is 0. The maximum atomic E-state index is 5.75. The van der Waals surface area contributed by atoms with Crippen LogP contribution in [0.3, 0.4) is 0 Å². The van der Waals surface area contributed by atoms with Gasteiger partial charge < -0.3 is 0 Å². The van der Waals surface area contributed by atoms with Crippen molar-refractivity contribution in [3.05, 3.63) is 45.7 Å². The minimum Gasteiger partial charge on any atom is -0.245 e. The first-order valence-corrected chi connectivity index (χ1v) is 6.23. The quantitative estimate of drug-likeness (QED) is 0.815. The van der Waals surface area contributed by atoms with Gasteiger partial charge in [0.2, 0.25) is 0 Å². The van der Waals surface area contributed by atoms with Crippen LogP contribution in [0.1, 0.15) is 17.0 Å². The van der Waals surface area contributed by atoms with E-state index in [1.165, 1.54) is 5.56 Å². The molecule has 0 saturated heterocycles. The summed E-state index contributed by atoms with van der Waals surface area (Å²) in [6, 6.07) is 8.16. The first kappa shape index (κ1) is 11.6. The Morgan fingerprint density at radius 2 is 2.00 bits per heavy atom. The van der Waals surface area contributed by atoms with Gasteiger partial charge in [0.05, 0.1) is 18.1 Å². The van der Waals surface area contributed by atoms with Crippen molar-refractivity contribution in [3.63, 3.8) is 0 Å². The summed E-state index contributed by atoms with van der Waals surface area (Å²) in [7, 11) is 0. The Balaban J connectivity index is 2.20. The fraction of sp³-hybridized carbons (Fsp3) is 0.273. The SMILES string of the molecule is Cc1c(CCl)nnn1Cc1ccc(Br)cc1. The number of alkyl halides is 1. The van der Waals surface area contributed by atoms with Crippen LogP contribution in [0.2, 0.25) is 0 Å². The highest BCUT2D eigenvalue weighted by Crippen LogP contribution is 2.13. The third-order valence-electron chi connectivity index (χ3n) is 2.45. The van der Waals surface area contributed by atoms with Crippen molar-refractivity contribution in [2.45, 2.75) is 19.3 Å². The maximum absolute atomic E-state index is 5.75. The zero-order valence-corrected chi connectivity index (χ0v) is 11.2. The molecule has 0 aliphatic carbocycles. The van der Waals surface area contributed by atoms with Crippen LogP contribution >= 0.6 is 27.5 Å². The van der Waals surface area contributed by atoms with E-state index in [0.29, 0.717) is 5.88 Å². The van der Waals surface area contributed by atoms with Gasteiger partial charge in [-0.25, -0.2) is 4.68 Å². The van der Waals surface area contributed by atoms with E-state index < -0.39 is 0 Å². The number of halogens is 2. The molecule has 16 heavy (non-hydrogen) atoms. The first-order chi connectivity index (χ1) is 7.70. The molecule has 2 aromatic rings. The second-order valence-corrected chi connectivity index (χ2v) is 4.72. The van der Waals surface area contributed by atoms with Crippen molar-refractivity contribution < 1.29 is 0 Å². The summed E-state index contributed by atoms with van der Waals surface area (Å²) in [5, 5.41) is 8.09. The van der Waals surface area contributed by atoms with Crippen LogP contribution in [-0.4, -0.2) is 15.0 Å². The van der Waals surface area contributed by atoms with Crippen molar-refractivity contribution in [1.29, 1.82) is 0 Å². The summed E-state index contributed by atoms with van der Waals surface area (Å²) < 4.78 is 2.94. The van der Waals surface area contributed by atoms with Gasteiger partial charge in [-0.2, -0.15) is 0 Å². The highest BCUT2D eigenvalue weighted by atomic mass is 79.9. The van der Waals surface area contributed by atoms with E-state index in [1.54, 1.807) is 0 Å². The molecule has 5 heteroatoms. The molecular weight excluding hydrogens is 289 g/mol. The molecule has 84 valence electrons. The molecule has 1 aromatic carbocycles. The molecule has 0 aliphatic rings. The molecular formula is C11H11BrClN3. The molecule has 0 amide bonds. The van der Waals surface area contributed by atoms with Crippen LogP contribution in [0.25, 0.3) is 0 Å². The minimum atomic E-state index is 0.409. The summed E-state index contributed by atoms with van der Waals surface area (Å²) in [6.45, 7) is 2.71. The molecule has 0 radical (unpaired) electrons. The Labute approximate surface area is 108 Å². The standard InChI is InChI=1S/C11H11BrClN3/c1-8-11(6-13)14-15-16(8)7-9-2-4-10(12)5-3-9/h2-5H,6-7H2,1H3. The van der Waals surface area contributed by atoms with Crippen LogP contribution in [0, 0.1) is 6.92 Å². The molecule has 0 spiro atoms. The van der Waals surface area contributed by atoms with E-state index in [9.17, 15) is 0 Å². The molecule has 0 saturated carbocycles. The van der Waals surface area contributed by atoms with Crippen molar-refractivity contribution in [2.24, 2.45) is 0 Å². The maximum Gasteiger partial charge on any atom is 0.100 e. The van der Waals surface area contributed by atoms with Gasteiger partial charge >= 0.3 is 0 Å². The van der Waals surface area contributed by atoms with Crippen molar-refractivity contribution in [1.82, 2.24) is 15.0 Å². The number of nitrogens with zero attached hydrogens (tertiary/aromatic N) is 3. The predicted molar refractivity (Wildman–Crippen MR) is 67.6 cm³/mol. The second-order valence-electron chi connectivity index (χ2n) is 3.54. The Hall–Kier alpha value is -0.870. The van der Waals surface area contributed by atoms with Crippen molar-refractivity contribution in [2.75, 3.05) is 0 Å². The summed E-state index contributed by atoms with van der Waals surface area (Å²) in [5.41, 5.74) is 3.06. The summed E-state index contributed by atoms with van der Waals surface area (Å²) in [6.07, 6.45) is 0. The van der Waals surface area contributed by atoms with Crippen LogP contribution in [0.5, 0.6) is 0 Å². The normalized spacial score (nSPS) is 10.7. The zero-order chi connectivity index (χ0) is 11.5. The smallest absolute Gasteiger partial charge is 0.100 e. The van der Waals surface area contributed by atoms with Crippen LogP contribution in [0.15, 0.2) is 28.7 Å². The second kappa shape index (κ2) is 4.97. The Kier molecular flexibility index (Phi) is 3.61. The molecule has 0 aliphatic heterocycles. The highest BCUT2D eigenvalue weighted by Gasteiger charge is 2.07. The summed E-state index contributed by atoms with van der Waals surface area (Å²) in [4.78, 5) is 0. The first-order valence-electron chi connectivity index (χ1n) is 4.90. The van der Waals surface area contributed by atoms with Gasteiger partial charge in [-0.15, -0.1) is 16.7 Å².